The van der Waals surface area contributed by atoms with Gasteiger partial charge >= 0.3 is 0 Å². The minimum atomic E-state index is 0.776. The highest BCUT2D eigenvalue weighted by atomic mass is 16.5. The number of para-hydroxylation sites is 1. The fraction of sp³-hybridized carbons (Fsp3) is 0.400. The number of ether oxygens (including phenoxy) is 1. The van der Waals surface area contributed by atoms with Crippen LogP contribution in [0.5, 0.6) is 0 Å². The average Bonchev–Trinajstić information content (AvgIpc) is 2.85. The van der Waals surface area contributed by atoms with Gasteiger partial charge in [0.05, 0.1) is 0 Å². The molecule has 0 aliphatic rings. The molecule has 19 heavy (non-hydrogen) atoms. The summed E-state index contributed by atoms with van der Waals surface area (Å²) in [4.78, 5) is 4.36. The van der Waals surface area contributed by atoms with Crippen molar-refractivity contribution in [2.45, 2.75) is 26.8 Å². The highest BCUT2D eigenvalue weighted by Crippen LogP contribution is 2.18. The van der Waals surface area contributed by atoms with Crippen molar-refractivity contribution in [1.29, 1.82) is 0 Å². The number of anilines is 2. The van der Waals surface area contributed by atoms with Gasteiger partial charge in [-0.2, -0.15) is 0 Å². The van der Waals surface area contributed by atoms with Crippen molar-refractivity contribution in [1.82, 2.24) is 9.55 Å². The van der Waals surface area contributed by atoms with Gasteiger partial charge in [0.15, 0.2) is 0 Å². The average molecular weight is 259 g/mol. The van der Waals surface area contributed by atoms with Crippen LogP contribution in [0.1, 0.15) is 18.9 Å². The lowest BCUT2D eigenvalue weighted by molar-refractivity contribution is 0.142. The smallest absolute Gasteiger partial charge is 0.207 e. The molecule has 0 aliphatic heterocycles. The van der Waals surface area contributed by atoms with Crippen LogP contribution >= 0.6 is 0 Å². The zero-order valence-corrected chi connectivity index (χ0v) is 11.6. The molecule has 0 aliphatic carbocycles. The van der Waals surface area contributed by atoms with E-state index in [1.54, 1.807) is 0 Å². The molecule has 0 unspecified atom stereocenters. The third-order valence-electron chi connectivity index (χ3n) is 3.00. The normalized spacial score (nSPS) is 10.6. The Kier molecular flexibility index (Phi) is 4.98. The number of aryl methyl sites for hydroxylation is 2. The lowest BCUT2D eigenvalue weighted by atomic mass is 10.2. The first-order valence-corrected chi connectivity index (χ1v) is 6.72. The van der Waals surface area contributed by atoms with E-state index in [9.17, 15) is 0 Å². The zero-order chi connectivity index (χ0) is 13.5. The van der Waals surface area contributed by atoms with Gasteiger partial charge in [-0.05, 0) is 31.9 Å². The first kappa shape index (κ1) is 13.6. The third-order valence-corrected chi connectivity index (χ3v) is 3.00. The molecule has 0 bridgehead atoms. The van der Waals surface area contributed by atoms with Gasteiger partial charge in [-0.15, -0.1) is 0 Å². The third kappa shape index (κ3) is 3.83. The summed E-state index contributed by atoms with van der Waals surface area (Å²) in [5.41, 5.74) is 2.31. The lowest BCUT2D eigenvalue weighted by Gasteiger charge is -2.11. The molecule has 1 N–H and O–H groups in total. The summed E-state index contributed by atoms with van der Waals surface area (Å²) in [7, 11) is 0. The molecular formula is C15H21N3O. The Labute approximate surface area is 114 Å². The van der Waals surface area contributed by atoms with E-state index in [1.807, 2.05) is 31.5 Å². The maximum atomic E-state index is 5.35. The first-order valence-electron chi connectivity index (χ1n) is 6.72. The van der Waals surface area contributed by atoms with Crippen LogP contribution in [0.25, 0.3) is 0 Å². The van der Waals surface area contributed by atoms with E-state index in [-0.39, 0.29) is 0 Å². The molecule has 1 aromatic carbocycles. The second kappa shape index (κ2) is 6.95. The van der Waals surface area contributed by atoms with Gasteiger partial charge < -0.3 is 14.6 Å². The maximum Gasteiger partial charge on any atom is 0.207 e. The molecule has 0 amide bonds. The van der Waals surface area contributed by atoms with Crippen molar-refractivity contribution in [2.75, 3.05) is 18.5 Å². The Morgan fingerprint density at radius 2 is 2.16 bits per heavy atom. The molecule has 1 aromatic heterocycles. The van der Waals surface area contributed by atoms with Crippen molar-refractivity contribution < 1.29 is 4.74 Å². The molecule has 0 saturated carbocycles. The Balaban J connectivity index is 1.98. The van der Waals surface area contributed by atoms with Crippen molar-refractivity contribution in [3.8, 4) is 0 Å². The fourth-order valence-electron chi connectivity index (χ4n) is 1.93. The molecule has 102 valence electrons. The van der Waals surface area contributed by atoms with E-state index in [0.717, 1.165) is 37.8 Å². The Morgan fingerprint density at radius 1 is 1.32 bits per heavy atom. The van der Waals surface area contributed by atoms with E-state index in [2.05, 4.69) is 33.9 Å². The van der Waals surface area contributed by atoms with Crippen LogP contribution < -0.4 is 5.32 Å². The molecule has 4 nitrogen and oxygen atoms in total. The molecular weight excluding hydrogens is 238 g/mol. The van der Waals surface area contributed by atoms with Gasteiger partial charge in [0.1, 0.15) is 0 Å². The number of nitrogens with zero attached hydrogens (tertiary/aromatic N) is 2. The summed E-state index contributed by atoms with van der Waals surface area (Å²) < 4.78 is 7.47. The number of nitrogens with one attached hydrogen (secondary N) is 1. The Bertz CT molecular complexity index is 508. The van der Waals surface area contributed by atoms with Crippen LogP contribution in [-0.4, -0.2) is 22.8 Å². The van der Waals surface area contributed by atoms with Crippen molar-refractivity contribution in [3.05, 3.63) is 42.2 Å². The number of hydrogen-bond donors (Lipinski definition) is 1. The van der Waals surface area contributed by atoms with Gasteiger partial charge in [-0.3, -0.25) is 0 Å². The van der Waals surface area contributed by atoms with Crippen LogP contribution in [0.2, 0.25) is 0 Å². The summed E-state index contributed by atoms with van der Waals surface area (Å²) in [5.74, 6) is 0.880. The van der Waals surface area contributed by atoms with Crippen molar-refractivity contribution in [2.24, 2.45) is 0 Å². The van der Waals surface area contributed by atoms with Crippen LogP contribution in [0.4, 0.5) is 11.6 Å². The number of hydrogen-bond acceptors (Lipinski definition) is 3. The van der Waals surface area contributed by atoms with Crippen LogP contribution in [0, 0.1) is 6.92 Å². The van der Waals surface area contributed by atoms with E-state index >= 15 is 0 Å². The summed E-state index contributed by atoms with van der Waals surface area (Å²) >= 11 is 0. The van der Waals surface area contributed by atoms with E-state index in [0.29, 0.717) is 0 Å². The summed E-state index contributed by atoms with van der Waals surface area (Å²) in [6, 6.07) is 8.21. The van der Waals surface area contributed by atoms with Gasteiger partial charge in [0.25, 0.3) is 0 Å². The molecule has 0 atom stereocenters. The van der Waals surface area contributed by atoms with E-state index < -0.39 is 0 Å². The quantitative estimate of drug-likeness (QED) is 0.775. The molecule has 0 spiro atoms. The molecule has 0 saturated heterocycles. The molecule has 0 radical (unpaired) electrons. The van der Waals surface area contributed by atoms with E-state index in [4.69, 9.17) is 4.74 Å². The highest BCUT2D eigenvalue weighted by Gasteiger charge is 2.04. The van der Waals surface area contributed by atoms with Crippen molar-refractivity contribution >= 4 is 11.6 Å². The van der Waals surface area contributed by atoms with Crippen LogP contribution in [-0.2, 0) is 11.3 Å². The summed E-state index contributed by atoms with van der Waals surface area (Å²) in [6.07, 6.45) is 4.81. The first-order chi connectivity index (χ1) is 9.31. The molecule has 2 aromatic rings. The molecule has 1 heterocycles. The van der Waals surface area contributed by atoms with Gasteiger partial charge in [0.2, 0.25) is 5.95 Å². The number of imidazole rings is 1. The SMILES string of the molecule is CCOCCCn1ccnc1Nc1ccccc1C. The van der Waals surface area contributed by atoms with Crippen LogP contribution in [0.15, 0.2) is 36.7 Å². The largest absolute Gasteiger partial charge is 0.382 e. The standard InChI is InChI=1S/C15H21N3O/c1-3-19-12-6-10-18-11-9-16-15(18)17-14-8-5-4-7-13(14)2/h4-5,7-9,11H,3,6,10,12H2,1-2H3,(H,16,17). The zero-order valence-electron chi connectivity index (χ0n) is 11.6. The van der Waals surface area contributed by atoms with Gasteiger partial charge in [-0.1, -0.05) is 18.2 Å². The summed E-state index contributed by atoms with van der Waals surface area (Å²) in [6.45, 7) is 6.58. The Morgan fingerprint density at radius 3 is 2.95 bits per heavy atom. The second-order valence-electron chi connectivity index (χ2n) is 4.43. The van der Waals surface area contributed by atoms with Crippen molar-refractivity contribution in [3.63, 3.8) is 0 Å². The second-order valence-corrected chi connectivity index (χ2v) is 4.43. The predicted molar refractivity (Wildman–Crippen MR) is 77.8 cm³/mol. The monoisotopic (exact) mass is 259 g/mol. The fourth-order valence-corrected chi connectivity index (χ4v) is 1.93. The van der Waals surface area contributed by atoms with E-state index in [1.165, 1.54) is 5.56 Å². The minimum Gasteiger partial charge on any atom is -0.382 e. The highest BCUT2D eigenvalue weighted by molar-refractivity contribution is 5.58. The number of rotatable bonds is 7. The summed E-state index contributed by atoms with van der Waals surface area (Å²) in [5, 5.41) is 3.37. The lowest BCUT2D eigenvalue weighted by Crippen LogP contribution is -2.06. The topological polar surface area (TPSA) is 39.1 Å². The molecule has 4 heteroatoms. The van der Waals surface area contributed by atoms with Crippen LogP contribution in [0.3, 0.4) is 0 Å². The minimum absolute atomic E-state index is 0.776. The molecule has 2 rings (SSSR count). The molecule has 0 fully saturated rings. The predicted octanol–water partition coefficient (Wildman–Crippen LogP) is 3.36. The number of benzene rings is 1. The number of aromatic nitrogens is 2. The maximum absolute atomic E-state index is 5.35. The van der Waals surface area contributed by atoms with Gasteiger partial charge in [-0.25, -0.2) is 4.98 Å². The van der Waals surface area contributed by atoms with Gasteiger partial charge in [0, 0.05) is 37.8 Å². The Hall–Kier alpha value is -1.81.